The number of aliphatic carboxylic acids is 1. The topological polar surface area (TPSA) is 135 Å². The lowest BCUT2D eigenvalue weighted by Crippen LogP contribution is -2.41. The number of imidazole rings is 1. The second-order valence-electron chi connectivity index (χ2n) is 11.6. The van der Waals surface area contributed by atoms with Gasteiger partial charge in [0.2, 0.25) is 5.91 Å². The molecule has 3 N–H and O–H groups in total. The standard InChI is InChI=1S/C29H30F3N5O5/c30-29(31,32)21-13-28(26(39)40,25(38)34-21)12-19-10-11-22-33-20(14-37(22)36-19)24(23(17-6-7-17)18-8-9-18)35-27(41)42-15-16-4-2-1-3-5-16/h1-5,10-11,14,17-18,21,23-24H,6-9,12-13,15H2,(H,34,38)(H,35,41)(H,39,40)/t21-,24+,28?/m0/s1. The van der Waals surface area contributed by atoms with Crippen LogP contribution in [0, 0.1) is 23.2 Å². The van der Waals surface area contributed by atoms with Crippen LogP contribution in [-0.4, -0.2) is 49.9 Å². The number of rotatable bonds is 10. The molecule has 13 heteroatoms. The lowest BCUT2D eigenvalue weighted by atomic mass is 9.80. The minimum absolute atomic E-state index is 0.112. The maximum absolute atomic E-state index is 13.3. The molecule has 3 fully saturated rings. The number of fused-ring (bicyclic) bond motifs is 1. The Bertz CT molecular complexity index is 1490. The van der Waals surface area contributed by atoms with E-state index in [1.54, 1.807) is 17.6 Å². The lowest BCUT2D eigenvalue weighted by molar-refractivity contribution is -0.158. The number of carboxylic acid groups (broad SMARTS) is 1. The summed E-state index contributed by atoms with van der Waals surface area (Å²) in [4.78, 5) is 42.2. The van der Waals surface area contributed by atoms with Crippen LogP contribution in [0.4, 0.5) is 18.0 Å². The Balaban J connectivity index is 1.25. The van der Waals surface area contributed by atoms with Crippen molar-refractivity contribution in [3.05, 3.63) is 65.6 Å². The molecule has 222 valence electrons. The summed E-state index contributed by atoms with van der Waals surface area (Å²) in [7, 11) is 0. The monoisotopic (exact) mass is 585 g/mol. The summed E-state index contributed by atoms with van der Waals surface area (Å²) in [5.41, 5.74) is -0.355. The summed E-state index contributed by atoms with van der Waals surface area (Å²) in [6.07, 6.45) is -0.911. The third kappa shape index (κ3) is 5.64. The number of benzene rings is 1. The number of halogens is 3. The largest absolute Gasteiger partial charge is 0.480 e. The van der Waals surface area contributed by atoms with Gasteiger partial charge in [0.05, 0.1) is 23.6 Å². The van der Waals surface area contributed by atoms with Crippen molar-refractivity contribution in [2.75, 3.05) is 0 Å². The van der Waals surface area contributed by atoms with Crippen LogP contribution >= 0.6 is 0 Å². The highest BCUT2D eigenvalue weighted by atomic mass is 19.4. The van der Waals surface area contributed by atoms with Gasteiger partial charge >= 0.3 is 18.2 Å². The zero-order chi connectivity index (χ0) is 29.6. The molecule has 42 heavy (non-hydrogen) atoms. The van der Waals surface area contributed by atoms with Gasteiger partial charge in [-0.25, -0.2) is 14.3 Å². The molecule has 3 aliphatic rings. The Morgan fingerprint density at radius 3 is 2.40 bits per heavy atom. The van der Waals surface area contributed by atoms with Gasteiger partial charge in [0.15, 0.2) is 11.1 Å². The zero-order valence-electron chi connectivity index (χ0n) is 22.5. The molecule has 2 aliphatic carbocycles. The molecule has 0 radical (unpaired) electrons. The smallest absolute Gasteiger partial charge is 0.408 e. The van der Waals surface area contributed by atoms with Crippen LogP contribution in [0.5, 0.6) is 0 Å². The summed E-state index contributed by atoms with van der Waals surface area (Å²) in [5, 5.41) is 19.0. The summed E-state index contributed by atoms with van der Waals surface area (Å²) < 4.78 is 46.8. The van der Waals surface area contributed by atoms with Crippen molar-refractivity contribution in [3.63, 3.8) is 0 Å². The van der Waals surface area contributed by atoms with Crippen LogP contribution in [-0.2, 0) is 27.4 Å². The van der Waals surface area contributed by atoms with Crippen molar-refractivity contribution >= 4 is 23.6 Å². The lowest BCUT2D eigenvalue weighted by Gasteiger charge is -2.26. The molecule has 1 aliphatic heterocycles. The average Bonchev–Trinajstić information content (AvgIpc) is 3.88. The highest BCUT2D eigenvalue weighted by Gasteiger charge is 2.59. The van der Waals surface area contributed by atoms with Crippen LogP contribution in [0.25, 0.3) is 5.65 Å². The quantitative estimate of drug-likeness (QED) is 0.304. The summed E-state index contributed by atoms with van der Waals surface area (Å²) in [5.74, 6) is -1.78. The number of carbonyl (C=O) groups is 3. The van der Waals surface area contributed by atoms with Crippen molar-refractivity contribution in [2.45, 2.75) is 63.4 Å². The van der Waals surface area contributed by atoms with Gasteiger partial charge in [-0.2, -0.15) is 18.3 Å². The second-order valence-corrected chi connectivity index (χ2v) is 11.6. The first-order valence-electron chi connectivity index (χ1n) is 14.0. The van der Waals surface area contributed by atoms with E-state index in [0.717, 1.165) is 31.2 Å². The van der Waals surface area contributed by atoms with Crippen LogP contribution in [0.15, 0.2) is 48.7 Å². The number of alkyl carbamates (subject to hydrolysis) is 1. The van der Waals surface area contributed by atoms with E-state index in [-0.39, 0.29) is 18.2 Å². The van der Waals surface area contributed by atoms with Crippen LogP contribution in [0.1, 0.15) is 55.1 Å². The number of carbonyl (C=O) groups excluding carboxylic acids is 2. The van der Waals surface area contributed by atoms with E-state index < -0.39 is 54.5 Å². The Labute approximate surface area is 238 Å². The second kappa shape index (κ2) is 10.6. The summed E-state index contributed by atoms with van der Waals surface area (Å²) in [6, 6.07) is 9.66. The fourth-order valence-corrected chi connectivity index (χ4v) is 6.04. The SMILES string of the molecule is O=C(N[C@H](c1cn2nc(CC3(C(=O)O)C[C@@H](C(F)(F)F)NC3=O)ccc2n1)C(C1CC1)C1CC1)OCc1ccccc1. The average molecular weight is 586 g/mol. The van der Waals surface area contributed by atoms with E-state index in [9.17, 15) is 32.7 Å². The molecule has 2 aromatic heterocycles. The van der Waals surface area contributed by atoms with Gasteiger partial charge in [-0.15, -0.1) is 0 Å². The number of carboxylic acids is 1. The number of nitrogens with one attached hydrogen (secondary N) is 2. The van der Waals surface area contributed by atoms with Crippen molar-refractivity contribution in [3.8, 4) is 0 Å². The molecule has 3 aromatic rings. The Morgan fingerprint density at radius 2 is 1.81 bits per heavy atom. The molecule has 0 bridgehead atoms. The highest BCUT2D eigenvalue weighted by molar-refractivity contribution is 6.04. The molecule has 3 atom stereocenters. The molecule has 2 amide bonds. The number of nitrogens with zero attached hydrogens (tertiary/aromatic N) is 3. The Kier molecular flexibility index (Phi) is 7.06. The predicted molar refractivity (Wildman–Crippen MR) is 141 cm³/mol. The Hall–Kier alpha value is -4.16. The zero-order valence-corrected chi connectivity index (χ0v) is 22.5. The summed E-state index contributed by atoms with van der Waals surface area (Å²) >= 11 is 0. The number of amides is 2. The van der Waals surface area contributed by atoms with Gasteiger partial charge in [-0.3, -0.25) is 9.59 Å². The van der Waals surface area contributed by atoms with Gasteiger partial charge in [-0.05, 0) is 61.1 Å². The number of alkyl halides is 3. The van der Waals surface area contributed by atoms with Gasteiger partial charge in [-0.1, -0.05) is 30.3 Å². The Morgan fingerprint density at radius 1 is 1.12 bits per heavy atom. The van der Waals surface area contributed by atoms with Gasteiger partial charge in [0, 0.05) is 12.8 Å². The van der Waals surface area contributed by atoms with Crippen LogP contribution in [0.3, 0.4) is 0 Å². The van der Waals surface area contributed by atoms with E-state index in [2.05, 4.69) is 10.4 Å². The third-order valence-corrected chi connectivity index (χ3v) is 8.50. The fraction of sp³-hybridized carbons (Fsp3) is 0.483. The van der Waals surface area contributed by atoms with Gasteiger partial charge in [0.1, 0.15) is 12.6 Å². The molecule has 1 aromatic carbocycles. The molecule has 0 spiro atoms. The summed E-state index contributed by atoms with van der Waals surface area (Å²) in [6.45, 7) is 0.112. The molecule has 10 nitrogen and oxygen atoms in total. The number of aromatic nitrogens is 3. The van der Waals surface area contributed by atoms with E-state index in [4.69, 9.17) is 9.72 Å². The maximum Gasteiger partial charge on any atom is 0.408 e. The number of ether oxygens (including phenoxy) is 1. The normalized spacial score (nSPS) is 23.1. The molecule has 1 unspecified atom stereocenters. The fourth-order valence-electron chi connectivity index (χ4n) is 6.04. The molecule has 2 saturated carbocycles. The van der Waals surface area contributed by atoms with Crippen molar-refractivity contribution in [1.29, 1.82) is 0 Å². The molecule has 6 rings (SSSR count). The highest BCUT2D eigenvalue weighted by Crippen LogP contribution is 2.54. The van der Waals surface area contributed by atoms with Crippen LogP contribution in [0.2, 0.25) is 0 Å². The first kappa shape index (κ1) is 28.0. The van der Waals surface area contributed by atoms with Gasteiger partial charge < -0.3 is 20.5 Å². The first-order chi connectivity index (χ1) is 20.0. The van der Waals surface area contributed by atoms with Gasteiger partial charge in [0.25, 0.3) is 0 Å². The van der Waals surface area contributed by atoms with Crippen molar-refractivity contribution in [2.24, 2.45) is 23.2 Å². The maximum atomic E-state index is 13.3. The first-order valence-corrected chi connectivity index (χ1v) is 14.0. The minimum Gasteiger partial charge on any atom is -0.480 e. The molecule has 1 saturated heterocycles. The van der Waals surface area contributed by atoms with E-state index in [0.29, 0.717) is 23.2 Å². The molecular weight excluding hydrogens is 555 g/mol. The number of hydrogen-bond donors (Lipinski definition) is 3. The predicted octanol–water partition coefficient (Wildman–Crippen LogP) is 4.20. The van der Waals surface area contributed by atoms with Crippen molar-refractivity contribution in [1.82, 2.24) is 25.2 Å². The minimum atomic E-state index is -4.77. The van der Waals surface area contributed by atoms with E-state index >= 15 is 0 Å². The molecular formula is C29H30F3N5O5. The van der Waals surface area contributed by atoms with E-state index in [1.807, 2.05) is 30.3 Å². The third-order valence-electron chi connectivity index (χ3n) is 8.50. The number of hydrogen-bond acceptors (Lipinski definition) is 6. The van der Waals surface area contributed by atoms with Crippen molar-refractivity contribution < 1.29 is 37.4 Å². The molecule has 3 heterocycles. The van der Waals surface area contributed by atoms with Crippen LogP contribution < -0.4 is 10.6 Å². The van der Waals surface area contributed by atoms with E-state index in [1.165, 1.54) is 10.6 Å².